The molecule has 19 heavy (non-hydrogen) atoms. The lowest BCUT2D eigenvalue weighted by molar-refractivity contribution is 0.0951. The maximum absolute atomic E-state index is 12.0. The maximum atomic E-state index is 12.0. The molecule has 0 spiro atoms. The van der Waals surface area contributed by atoms with Gasteiger partial charge < -0.3 is 20.7 Å². The fraction of sp³-hybridized carbons (Fsp3) is 0.231. The van der Waals surface area contributed by atoms with Crippen molar-refractivity contribution < 1.29 is 14.4 Å². The number of benzene rings is 1. The van der Waals surface area contributed by atoms with Crippen LogP contribution in [-0.2, 0) is 6.54 Å². The van der Waals surface area contributed by atoms with Gasteiger partial charge in [0.25, 0.3) is 5.91 Å². The molecule has 0 radical (unpaired) electrons. The number of carbonyl (C=O) groups is 1. The normalized spacial score (nSPS) is 10.4. The number of hydrogen-bond donors (Lipinski definition) is 3. The molecular weight excluding hydrogens is 246 g/mol. The van der Waals surface area contributed by atoms with Gasteiger partial charge in [0.1, 0.15) is 11.5 Å². The molecular formula is C13H15N3O3. The molecule has 0 aliphatic carbocycles. The zero-order chi connectivity index (χ0) is 14.0. The predicted molar refractivity (Wildman–Crippen MR) is 69.7 cm³/mol. The van der Waals surface area contributed by atoms with Gasteiger partial charge in [0.15, 0.2) is 0 Å². The molecule has 6 heteroatoms. The number of nitrogens with zero attached hydrogens (tertiary/aromatic N) is 1. The number of rotatable bonds is 3. The van der Waals surface area contributed by atoms with Gasteiger partial charge in [-0.1, -0.05) is 5.16 Å². The molecule has 0 saturated carbocycles. The third kappa shape index (κ3) is 2.67. The third-order valence-electron chi connectivity index (χ3n) is 2.89. The summed E-state index contributed by atoms with van der Waals surface area (Å²) in [4.78, 5) is 12.0. The number of hydrogen-bond acceptors (Lipinski definition) is 5. The van der Waals surface area contributed by atoms with Gasteiger partial charge in [-0.15, -0.1) is 0 Å². The van der Waals surface area contributed by atoms with Crippen molar-refractivity contribution in [2.24, 2.45) is 0 Å². The van der Waals surface area contributed by atoms with E-state index in [9.17, 15) is 9.90 Å². The van der Waals surface area contributed by atoms with Gasteiger partial charge in [-0.2, -0.15) is 0 Å². The lowest BCUT2D eigenvalue weighted by Gasteiger charge is -2.07. The van der Waals surface area contributed by atoms with Crippen LogP contribution < -0.4 is 11.1 Å². The lowest BCUT2D eigenvalue weighted by Crippen LogP contribution is -2.24. The second kappa shape index (κ2) is 5.01. The van der Waals surface area contributed by atoms with Crippen LogP contribution in [0.2, 0.25) is 0 Å². The number of phenolic OH excluding ortho intramolecular Hbond substituents is 1. The second-order valence-electron chi connectivity index (χ2n) is 4.26. The van der Waals surface area contributed by atoms with Gasteiger partial charge in [-0.05, 0) is 32.0 Å². The number of nitrogens with two attached hydrogens (primary N) is 1. The van der Waals surface area contributed by atoms with Crippen LogP contribution in [0.5, 0.6) is 5.75 Å². The molecule has 6 nitrogen and oxygen atoms in total. The first-order valence-electron chi connectivity index (χ1n) is 5.77. The molecule has 0 bridgehead atoms. The minimum absolute atomic E-state index is 0.00307. The van der Waals surface area contributed by atoms with E-state index >= 15 is 0 Å². The fourth-order valence-electron chi connectivity index (χ4n) is 1.76. The quantitative estimate of drug-likeness (QED) is 0.574. The molecule has 0 saturated heterocycles. The van der Waals surface area contributed by atoms with Crippen LogP contribution in [0.3, 0.4) is 0 Å². The molecule has 1 heterocycles. The molecule has 100 valence electrons. The Morgan fingerprint density at radius 3 is 2.84 bits per heavy atom. The summed E-state index contributed by atoms with van der Waals surface area (Å²) >= 11 is 0. The molecule has 0 fully saturated rings. The number of aromatic hydroxyl groups is 1. The highest BCUT2D eigenvalue weighted by Crippen LogP contribution is 2.19. The molecule has 0 unspecified atom stereocenters. The van der Waals surface area contributed by atoms with Crippen LogP contribution >= 0.6 is 0 Å². The summed E-state index contributed by atoms with van der Waals surface area (Å²) < 4.78 is 5.01. The van der Waals surface area contributed by atoms with E-state index in [1.807, 2.05) is 0 Å². The van der Waals surface area contributed by atoms with Gasteiger partial charge in [0, 0.05) is 17.8 Å². The molecule has 1 aromatic heterocycles. The first-order valence-corrected chi connectivity index (χ1v) is 5.77. The Bertz CT molecular complexity index is 600. The first-order chi connectivity index (χ1) is 8.99. The van der Waals surface area contributed by atoms with Crippen LogP contribution in [-0.4, -0.2) is 16.2 Å². The molecule has 2 rings (SSSR count). The smallest absolute Gasteiger partial charge is 0.253 e. The first kappa shape index (κ1) is 12.9. The average molecular weight is 261 g/mol. The van der Waals surface area contributed by atoms with Crippen LogP contribution in [0.15, 0.2) is 22.7 Å². The SMILES string of the molecule is Cc1noc(C)c1CNC(=O)c1cc(O)ccc1N. The van der Waals surface area contributed by atoms with Crippen LogP contribution in [0.1, 0.15) is 27.4 Å². The molecule has 0 aliphatic rings. The molecule has 0 atom stereocenters. The minimum atomic E-state index is -0.353. The number of nitrogens with one attached hydrogen (secondary N) is 1. The van der Waals surface area contributed by atoms with E-state index in [0.717, 1.165) is 11.3 Å². The summed E-state index contributed by atoms with van der Waals surface area (Å²) in [7, 11) is 0. The van der Waals surface area contributed by atoms with Crippen molar-refractivity contribution in [3.05, 3.63) is 40.8 Å². The number of anilines is 1. The monoisotopic (exact) mass is 261 g/mol. The van der Waals surface area contributed by atoms with Gasteiger partial charge >= 0.3 is 0 Å². The average Bonchev–Trinajstić information content (AvgIpc) is 2.69. The Kier molecular flexibility index (Phi) is 3.41. The van der Waals surface area contributed by atoms with Crippen molar-refractivity contribution in [3.8, 4) is 5.75 Å². The largest absolute Gasteiger partial charge is 0.508 e. The minimum Gasteiger partial charge on any atom is -0.508 e. The van der Waals surface area contributed by atoms with Crippen molar-refractivity contribution in [2.75, 3.05) is 5.73 Å². The van der Waals surface area contributed by atoms with E-state index < -0.39 is 0 Å². The summed E-state index contributed by atoms with van der Waals surface area (Å²) in [5.74, 6) is 0.312. The Labute approximate surface area is 110 Å². The topological polar surface area (TPSA) is 101 Å². The van der Waals surface area contributed by atoms with E-state index in [1.165, 1.54) is 18.2 Å². The zero-order valence-corrected chi connectivity index (χ0v) is 10.7. The third-order valence-corrected chi connectivity index (χ3v) is 2.89. The summed E-state index contributed by atoms with van der Waals surface area (Å²) in [5, 5.41) is 15.9. The number of aryl methyl sites for hydroxylation is 2. The Morgan fingerprint density at radius 2 is 2.21 bits per heavy atom. The Balaban J connectivity index is 2.12. The summed E-state index contributed by atoms with van der Waals surface area (Å²) in [6.45, 7) is 3.89. The fourth-order valence-corrected chi connectivity index (χ4v) is 1.76. The van der Waals surface area contributed by atoms with Crippen LogP contribution in [0.4, 0.5) is 5.69 Å². The van der Waals surface area contributed by atoms with Gasteiger partial charge in [0.05, 0.1) is 11.3 Å². The summed E-state index contributed by atoms with van der Waals surface area (Å²) in [6.07, 6.45) is 0. The number of nitrogen functional groups attached to an aromatic ring is 1. The predicted octanol–water partition coefficient (Wildman–Crippen LogP) is 1.51. The summed E-state index contributed by atoms with van der Waals surface area (Å²) in [6, 6.07) is 4.25. The molecule has 2 aromatic rings. The van der Waals surface area contributed by atoms with Crippen molar-refractivity contribution in [1.29, 1.82) is 0 Å². The highest BCUT2D eigenvalue weighted by molar-refractivity contribution is 5.99. The molecule has 1 aromatic carbocycles. The van der Waals surface area contributed by atoms with Crippen molar-refractivity contribution in [2.45, 2.75) is 20.4 Å². The molecule has 0 aliphatic heterocycles. The molecule has 1 amide bonds. The van der Waals surface area contributed by atoms with Gasteiger partial charge in [0.2, 0.25) is 0 Å². The number of carbonyl (C=O) groups excluding carboxylic acids is 1. The standard InChI is InChI=1S/C13H15N3O3/c1-7-11(8(2)19-16-7)6-15-13(18)10-5-9(17)3-4-12(10)14/h3-5,17H,6,14H2,1-2H3,(H,15,18). The van der Waals surface area contributed by atoms with Crippen LogP contribution in [0, 0.1) is 13.8 Å². The van der Waals surface area contributed by atoms with Crippen molar-refractivity contribution in [1.82, 2.24) is 10.5 Å². The number of aromatic nitrogens is 1. The maximum Gasteiger partial charge on any atom is 0.253 e. The van der Waals surface area contributed by atoms with Crippen LogP contribution in [0.25, 0.3) is 0 Å². The highest BCUT2D eigenvalue weighted by Gasteiger charge is 2.13. The summed E-state index contributed by atoms with van der Waals surface area (Å²) in [5.41, 5.74) is 7.83. The number of phenols is 1. The van der Waals surface area contributed by atoms with Gasteiger partial charge in [-0.25, -0.2) is 0 Å². The molecule has 4 N–H and O–H groups in total. The Morgan fingerprint density at radius 1 is 1.47 bits per heavy atom. The van der Waals surface area contributed by atoms with E-state index in [4.69, 9.17) is 10.3 Å². The van der Waals surface area contributed by atoms with Crippen molar-refractivity contribution >= 4 is 11.6 Å². The Hall–Kier alpha value is -2.50. The van der Waals surface area contributed by atoms with E-state index in [0.29, 0.717) is 18.0 Å². The van der Waals surface area contributed by atoms with E-state index in [1.54, 1.807) is 13.8 Å². The highest BCUT2D eigenvalue weighted by atomic mass is 16.5. The van der Waals surface area contributed by atoms with E-state index in [-0.39, 0.29) is 17.2 Å². The van der Waals surface area contributed by atoms with Gasteiger partial charge in [-0.3, -0.25) is 4.79 Å². The van der Waals surface area contributed by atoms with E-state index in [2.05, 4.69) is 10.5 Å². The second-order valence-corrected chi connectivity index (χ2v) is 4.26. The van der Waals surface area contributed by atoms with Crippen molar-refractivity contribution in [3.63, 3.8) is 0 Å². The number of amides is 1. The zero-order valence-electron chi connectivity index (χ0n) is 10.7. The lowest BCUT2D eigenvalue weighted by atomic mass is 10.1.